The Kier molecular flexibility index (Phi) is 3.61. The number of hydrogen-bond acceptors (Lipinski definition) is 2. The van der Waals surface area contributed by atoms with Crippen molar-refractivity contribution in [2.24, 2.45) is 0 Å². The number of aryl methyl sites for hydroxylation is 1. The monoisotopic (exact) mass is 315 g/mol. The van der Waals surface area contributed by atoms with E-state index in [4.69, 9.17) is 0 Å². The van der Waals surface area contributed by atoms with Gasteiger partial charge in [-0.15, -0.1) is 0 Å². The second-order valence-electron chi connectivity index (χ2n) is 2.26. The summed E-state index contributed by atoms with van der Waals surface area (Å²) in [6, 6.07) is 1.60. The molecule has 6 heteroatoms. The fourth-order valence-corrected chi connectivity index (χ4v) is 2.17. The van der Waals surface area contributed by atoms with Crippen molar-refractivity contribution in [3.8, 4) is 5.75 Å². The quantitative estimate of drug-likeness (QED) is 0.779. The van der Waals surface area contributed by atoms with Gasteiger partial charge in [0.1, 0.15) is 9.21 Å². The van der Waals surface area contributed by atoms with Crippen molar-refractivity contribution >= 4 is 31.9 Å². The Hall–Kier alpha value is -0.230. The number of pyridine rings is 1. The van der Waals surface area contributed by atoms with E-state index < -0.39 is 6.61 Å². The van der Waals surface area contributed by atoms with Gasteiger partial charge in [-0.05, 0) is 50.4 Å². The van der Waals surface area contributed by atoms with Crippen molar-refractivity contribution in [2.45, 2.75) is 13.5 Å². The van der Waals surface area contributed by atoms with Crippen molar-refractivity contribution in [3.05, 3.63) is 20.8 Å². The molecule has 0 saturated heterocycles. The third kappa shape index (κ3) is 2.87. The van der Waals surface area contributed by atoms with E-state index in [0.717, 1.165) is 0 Å². The molecule has 13 heavy (non-hydrogen) atoms. The molecule has 1 heterocycles. The topological polar surface area (TPSA) is 22.1 Å². The van der Waals surface area contributed by atoms with Gasteiger partial charge in [-0.3, -0.25) is 0 Å². The molecule has 0 spiro atoms. The second-order valence-corrected chi connectivity index (χ2v) is 3.82. The molecule has 0 fully saturated rings. The Balaban J connectivity index is 3.06. The first-order valence-electron chi connectivity index (χ1n) is 3.28. The Bertz CT molecular complexity index is 296. The highest BCUT2D eigenvalue weighted by atomic mass is 79.9. The molecule has 1 rings (SSSR count). The van der Waals surface area contributed by atoms with Crippen LogP contribution in [0.15, 0.2) is 15.3 Å². The largest absolute Gasteiger partial charge is 0.432 e. The number of nitrogens with zero attached hydrogens (tertiary/aromatic N) is 1. The molecule has 0 atom stereocenters. The third-order valence-electron chi connectivity index (χ3n) is 1.29. The summed E-state index contributed by atoms with van der Waals surface area (Å²) in [7, 11) is 0. The van der Waals surface area contributed by atoms with Gasteiger partial charge in [0.05, 0.1) is 0 Å². The molecule has 0 amide bonds. The van der Waals surface area contributed by atoms with Crippen molar-refractivity contribution in [2.75, 3.05) is 0 Å². The summed E-state index contributed by atoms with van der Waals surface area (Å²) in [5, 5.41) is 0. The first-order chi connectivity index (χ1) is 6.00. The van der Waals surface area contributed by atoms with Crippen LogP contribution in [-0.2, 0) is 0 Å². The molecule has 1 aromatic rings. The van der Waals surface area contributed by atoms with Gasteiger partial charge >= 0.3 is 6.61 Å². The first-order valence-corrected chi connectivity index (χ1v) is 4.86. The van der Waals surface area contributed by atoms with Gasteiger partial charge in [0.15, 0.2) is 5.75 Å². The zero-order valence-corrected chi connectivity index (χ0v) is 9.69. The number of hydrogen-bond donors (Lipinski definition) is 0. The highest BCUT2D eigenvalue weighted by Gasteiger charge is 2.12. The average molecular weight is 317 g/mol. The highest BCUT2D eigenvalue weighted by molar-refractivity contribution is 9.11. The van der Waals surface area contributed by atoms with Gasteiger partial charge in [-0.2, -0.15) is 8.78 Å². The molecule has 0 N–H and O–H groups in total. The standard InChI is InChI=1S/C7H5Br2F2NO/c1-3-2-4(8)12-6(9)5(3)13-7(10)11/h2,7H,1H3. The minimum Gasteiger partial charge on any atom is -0.432 e. The minimum absolute atomic E-state index is 0.0678. The molecule has 0 aromatic carbocycles. The van der Waals surface area contributed by atoms with E-state index in [1.165, 1.54) is 0 Å². The lowest BCUT2D eigenvalue weighted by atomic mass is 10.3. The molecule has 0 aliphatic heterocycles. The van der Waals surface area contributed by atoms with Crippen molar-refractivity contribution in [3.63, 3.8) is 0 Å². The number of halogens is 4. The molecule has 0 bridgehead atoms. The van der Waals surface area contributed by atoms with Gasteiger partial charge in [0.25, 0.3) is 0 Å². The van der Waals surface area contributed by atoms with Gasteiger partial charge in [0, 0.05) is 0 Å². The zero-order chi connectivity index (χ0) is 10.0. The van der Waals surface area contributed by atoms with Crippen LogP contribution >= 0.6 is 31.9 Å². The van der Waals surface area contributed by atoms with Crippen LogP contribution in [0.2, 0.25) is 0 Å². The number of aromatic nitrogens is 1. The summed E-state index contributed by atoms with van der Waals surface area (Å²) in [6.07, 6.45) is 0. The van der Waals surface area contributed by atoms with Crippen molar-refractivity contribution in [1.82, 2.24) is 4.98 Å². The van der Waals surface area contributed by atoms with Crippen LogP contribution in [0.1, 0.15) is 5.56 Å². The maximum absolute atomic E-state index is 11.9. The predicted octanol–water partition coefficient (Wildman–Crippen LogP) is 3.52. The summed E-state index contributed by atoms with van der Waals surface area (Å²) in [5.41, 5.74) is 0.592. The Morgan fingerprint density at radius 2 is 2.08 bits per heavy atom. The molecule has 0 unspecified atom stereocenters. The van der Waals surface area contributed by atoms with E-state index in [1.54, 1.807) is 13.0 Å². The lowest BCUT2D eigenvalue weighted by molar-refractivity contribution is -0.0511. The van der Waals surface area contributed by atoms with Crippen LogP contribution in [0, 0.1) is 6.92 Å². The summed E-state index contributed by atoms with van der Waals surface area (Å²) in [4.78, 5) is 3.86. The van der Waals surface area contributed by atoms with E-state index in [-0.39, 0.29) is 10.4 Å². The van der Waals surface area contributed by atoms with E-state index in [9.17, 15) is 8.78 Å². The van der Waals surface area contributed by atoms with Gasteiger partial charge in [0.2, 0.25) is 0 Å². The van der Waals surface area contributed by atoms with Gasteiger partial charge in [-0.25, -0.2) is 4.98 Å². The van der Waals surface area contributed by atoms with E-state index >= 15 is 0 Å². The molecule has 0 aliphatic rings. The van der Waals surface area contributed by atoms with Gasteiger partial charge < -0.3 is 4.74 Å². The van der Waals surface area contributed by atoms with E-state index in [1.807, 2.05) is 0 Å². The molecule has 2 nitrogen and oxygen atoms in total. The maximum Gasteiger partial charge on any atom is 0.387 e. The first kappa shape index (κ1) is 10.8. The molecular weight excluding hydrogens is 312 g/mol. The molecular formula is C7H5Br2F2NO. The molecule has 0 aliphatic carbocycles. The molecule has 0 radical (unpaired) electrons. The summed E-state index contributed by atoms with van der Waals surface area (Å²) in [6.45, 7) is -1.17. The third-order valence-corrected chi connectivity index (χ3v) is 2.24. The molecule has 0 saturated carbocycles. The van der Waals surface area contributed by atoms with Crippen molar-refractivity contribution in [1.29, 1.82) is 0 Å². The predicted molar refractivity (Wildman–Crippen MR) is 51.0 cm³/mol. The van der Waals surface area contributed by atoms with Crippen LogP contribution in [0.4, 0.5) is 8.78 Å². The lowest BCUT2D eigenvalue weighted by Gasteiger charge is -2.09. The number of rotatable bonds is 2. The SMILES string of the molecule is Cc1cc(Br)nc(Br)c1OC(F)F. The Labute approximate surface area is 90.6 Å². The number of ether oxygens (including phenoxy) is 1. The summed E-state index contributed by atoms with van der Waals surface area (Å²) >= 11 is 6.16. The van der Waals surface area contributed by atoms with Crippen LogP contribution in [0.25, 0.3) is 0 Å². The lowest BCUT2D eigenvalue weighted by Crippen LogP contribution is -2.04. The van der Waals surface area contributed by atoms with Crippen LogP contribution in [0.3, 0.4) is 0 Å². The average Bonchev–Trinajstić information content (AvgIpc) is 1.96. The fraction of sp³-hybridized carbons (Fsp3) is 0.286. The van der Waals surface area contributed by atoms with Crippen LogP contribution in [0.5, 0.6) is 5.75 Å². The molecule has 72 valence electrons. The number of alkyl halides is 2. The van der Waals surface area contributed by atoms with Crippen molar-refractivity contribution < 1.29 is 13.5 Å². The molecule has 1 aromatic heterocycles. The highest BCUT2D eigenvalue weighted by Crippen LogP contribution is 2.30. The summed E-state index contributed by atoms with van der Waals surface area (Å²) < 4.78 is 28.9. The second kappa shape index (κ2) is 4.32. The zero-order valence-electron chi connectivity index (χ0n) is 6.52. The van der Waals surface area contributed by atoms with E-state index in [2.05, 4.69) is 41.6 Å². The van der Waals surface area contributed by atoms with Crippen LogP contribution < -0.4 is 4.74 Å². The minimum atomic E-state index is -2.84. The Morgan fingerprint density at radius 3 is 2.54 bits per heavy atom. The maximum atomic E-state index is 11.9. The van der Waals surface area contributed by atoms with E-state index in [0.29, 0.717) is 10.2 Å². The smallest absolute Gasteiger partial charge is 0.387 e. The normalized spacial score (nSPS) is 10.6. The fourth-order valence-electron chi connectivity index (χ4n) is 0.814. The summed E-state index contributed by atoms with van der Waals surface area (Å²) in [5.74, 6) is 0.0678. The van der Waals surface area contributed by atoms with Gasteiger partial charge in [-0.1, -0.05) is 0 Å². The van der Waals surface area contributed by atoms with Crippen LogP contribution in [-0.4, -0.2) is 11.6 Å². The Morgan fingerprint density at radius 1 is 1.46 bits per heavy atom.